The van der Waals surface area contributed by atoms with Gasteiger partial charge in [-0.2, -0.15) is 0 Å². The topological polar surface area (TPSA) is 38.4 Å². The van der Waals surface area contributed by atoms with Crippen molar-refractivity contribution >= 4 is 23.1 Å². The molecule has 0 aliphatic carbocycles. The lowest BCUT2D eigenvalue weighted by Crippen LogP contribution is -2.17. The van der Waals surface area contributed by atoms with Crippen LogP contribution in [0.25, 0.3) is 0 Å². The first-order chi connectivity index (χ1) is 6.49. The minimum atomic E-state index is -0.409. The van der Waals surface area contributed by atoms with E-state index < -0.39 is 5.82 Å². The Morgan fingerprint density at radius 1 is 1.43 bits per heavy atom. The molecule has 1 aromatic carbocycles. The highest BCUT2D eigenvalue weighted by molar-refractivity contribution is 6.30. The highest BCUT2D eigenvalue weighted by Gasteiger charge is 2.01. The number of hydrogen-bond donors (Lipinski definition) is 1. The van der Waals surface area contributed by atoms with Crippen LogP contribution in [0, 0.1) is 11.7 Å². The lowest BCUT2D eigenvalue weighted by atomic mass is 10.2. The molecule has 0 bridgehead atoms. The molecule has 0 radical (unpaired) electrons. The van der Waals surface area contributed by atoms with E-state index in [4.69, 9.17) is 17.3 Å². The lowest BCUT2D eigenvalue weighted by Gasteiger charge is -2.03. The van der Waals surface area contributed by atoms with Crippen LogP contribution in [0.1, 0.15) is 13.8 Å². The van der Waals surface area contributed by atoms with E-state index in [1.54, 1.807) is 6.07 Å². The number of aliphatic imine (C=N–C) groups is 1. The molecule has 0 amide bonds. The fourth-order valence-corrected chi connectivity index (χ4v) is 1.10. The molecule has 0 saturated carbocycles. The average molecular weight is 215 g/mol. The Morgan fingerprint density at radius 2 is 2.07 bits per heavy atom. The number of halogens is 2. The highest BCUT2D eigenvalue weighted by atomic mass is 35.5. The van der Waals surface area contributed by atoms with Crippen molar-refractivity contribution < 1.29 is 4.39 Å². The summed E-state index contributed by atoms with van der Waals surface area (Å²) in [6, 6.07) is 4.09. The van der Waals surface area contributed by atoms with Crippen molar-refractivity contribution in [3.05, 3.63) is 29.0 Å². The molecule has 2 N–H and O–H groups in total. The number of nitrogens with zero attached hydrogens (tertiary/aromatic N) is 1. The van der Waals surface area contributed by atoms with E-state index in [2.05, 4.69) is 4.99 Å². The molecule has 76 valence electrons. The van der Waals surface area contributed by atoms with Gasteiger partial charge in [-0.25, -0.2) is 9.38 Å². The molecule has 0 aliphatic rings. The van der Waals surface area contributed by atoms with Gasteiger partial charge >= 0.3 is 0 Å². The van der Waals surface area contributed by atoms with Crippen LogP contribution in [0.5, 0.6) is 0 Å². The van der Waals surface area contributed by atoms with Crippen molar-refractivity contribution in [1.29, 1.82) is 0 Å². The zero-order valence-electron chi connectivity index (χ0n) is 8.09. The van der Waals surface area contributed by atoms with Crippen molar-refractivity contribution in [2.24, 2.45) is 16.6 Å². The van der Waals surface area contributed by atoms with Gasteiger partial charge in [-0.1, -0.05) is 25.4 Å². The van der Waals surface area contributed by atoms with E-state index in [-0.39, 0.29) is 5.92 Å². The van der Waals surface area contributed by atoms with Crippen molar-refractivity contribution in [2.75, 3.05) is 0 Å². The lowest BCUT2D eigenvalue weighted by molar-refractivity contribution is 0.628. The maximum atomic E-state index is 12.9. The minimum absolute atomic E-state index is 0.136. The van der Waals surface area contributed by atoms with Gasteiger partial charge in [0.05, 0.1) is 5.69 Å². The standard InChI is InChI=1S/C10H12ClFN2/c1-6(2)10(13)14-9-4-7(11)3-8(12)5-9/h3-6H,1-2H3,(H2,13,14). The van der Waals surface area contributed by atoms with Gasteiger partial charge in [-0.3, -0.25) is 0 Å². The monoisotopic (exact) mass is 214 g/mol. The molecule has 0 unspecified atom stereocenters. The summed E-state index contributed by atoms with van der Waals surface area (Å²) in [5.41, 5.74) is 6.08. The first-order valence-corrected chi connectivity index (χ1v) is 4.67. The second-order valence-electron chi connectivity index (χ2n) is 3.32. The molecular weight excluding hydrogens is 203 g/mol. The molecule has 14 heavy (non-hydrogen) atoms. The predicted molar refractivity (Wildman–Crippen MR) is 57.5 cm³/mol. The van der Waals surface area contributed by atoms with Crippen LogP contribution in [0.3, 0.4) is 0 Å². The molecule has 2 nitrogen and oxygen atoms in total. The quantitative estimate of drug-likeness (QED) is 0.596. The van der Waals surface area contributed by atoms with E-state index in [1.165, 1.54) is 12.1 Å². The summed E-state index contributed by atoms with van der Waals surface area (Å²) in [6.45, 7) is 3.83. The smallest absolute Gasteiger partial charge is 0.126 e. The first-order valence-electron chi connectivity index (χ1n) is 4.29. The van der Waals surface area contributed by atoms with Gasteiger partial charge in [0.15, 0.2) is 0 Å². The van der Waals surface area contributed by atoms with Gasteiger partial charge in [0.2, 0.25) is 0 Å². The normalized spacial score (nSPS) is 12.2. The summed E-state index contributed by atoms with van der Waals surface area (Å²) < 4.78 is 12.9. The number of rotatable bonds is 2. The number of benzene rings is 1. The summed E-state index contributed by atoms with van der Waals surface area (Å²) in [6.07, 6.45) is 0. The third kappa shape index (κ3) is 3.00. The molecule has 0 atom stereocenters. The van der Waals surface area contributed by atoms with Gasteiger partial charge in [0.1, 0.15) is 11.7 Å². The van der Waals surface area contributed by atoms with E-state index >= 15 is 0 Å². The molecule has 4 heteroatoms. The number of nitrogens with two attached hydrogens (primary N) is 1. The van der Waals surface area contributed by atoms with Crippen LogP contribution in [0.15, 0.2) is 23.2 Å². The van der Waals surface area contributed by atoms with Gasteiger partial charge in [-0.05, 0) is 18.2 Å². The molecule has 0 fully saturated rings. The molecule has 0 aliphatic heterocycles. The van der Waals surface area contributed by atoms with Crippen LogP contribution in [-0.2, 0) is 0 Å². The zero-order chi connectivity index (χ0) is 10.7. The van der Waals surface area contributed by atoms with Crippen molar-refractivity contribution in [1.82, 2.24) is 0 Å². The molecule has 0 spiro atoms. The van der Waals surface area contributed by atoms with Crippen molar-refractivity contribution in [2.45, 2.75) is 13.8 Å². The van der Waals surface area contributed by atoms with E-state index in [0.29, 0.717) is 16.5 Å². The molecule has 1 aromatic rings. The summed E-state index contributed by atoms with van der Waals surface area (Å²) in [5.74, 6) is 0.191. The van der Waals surface area contributed by atoms with Crippen molar-refractivity contribution in [3.8, 4) is 0 Å². The Hall–Kier alpha value is -1.09. The summed E-state index contributed by atoms with van der Waals surface area (Å²) in [4.78, 5) is 4.05. The van der Waals surface area contributed by atoms with Gasteiger partial charge in [0.25, 0.3) is 0 Å². The van der Waals surface area contributed by atoms with E-state index in [1.807, 2.05) is 13.8 Å². The maximum Gasteiger partial charge on any atom is 0.126 e. The molecule has 0 aromatic heterocycles. The predicted octanol–water partition coefficient (Wildman–Crippen LogP) is 3.12. The molecule has 0 saturated heterocycles. The van der Waals surface area contributed by atoms with Gasteiger partial charge in [0, 0.05) is 10.9 Å². The Kier molecular flexibility index (Phi) is 3.47. The zero-order valence-corrected chi connectivity index (χ0v) is 8.85. The number of amidine groups is 1. The molecule has 1 rings (SSSR count). The Morgan fingerprint density at radius 3 is 2.57 bits per heavy atom. The largest absolute Gasteiger partial charge is 0.387 e. The fourth-order valence-electron chi connectivity index (χ4n) is 0.882. The highest BCUT2D eigenvalue weighted by Crippen LogP contribution is 2.20. The van der Waals surface area contributed by atoms with E-state index in [9.17, 15) is 4.39 Å². The minimum Gasteiger partial charge on any atom is -0.387 e. The SMILES string of the molecule is CC(C)C(N)=Nc1cc(F)cc(Cl)c1. The van der Waals surface area contributed by atoms with Crippen LogP contribution in [-0.4, -0.2) is 5.84 Å². The van der Waals surface area contributed by atoms with Gasteiger partial charge < -0.3 is 5.73 Å². The van der Waals surface area contributed by atoms with Crippen LogP contribution < -0.4 is 5.73 Å². The Balaban J connectivity index is 3.02. The first kappa shape index (κ1) is 11.0. The molecule has 0 heterocycles. The maximum absolute atomic E-state index is 12.9. The second-order valence-corrected chi connectivity index (χ2v) is 3.76. The summed E-state index contributed by atoms with van der Waals surface area (Å²) in [5, 5.41) is 0.320. The van der Waals surface area contributed by atoms with Crippen LogP contribution >= 0.6 is 11.6 Å². The fraction of sp³-hybridized carbons (Fsp3) is 0.300. The van der Waals surface area contributed by atoms with E-state index in [0.717, 1.165) is 0 Å². The summed E-state index contributed by atoms with van der Waals surface area (Å²) >= 11 is 5.66. The third-order valence-corrected chi connectivity index (χ3v) is 1.92. The third-order valence-electron chi connectivity index (χ3n) is 1.70. The van der Waals surface area contributed by atoms with Crippen LogP contribution in [0.4, 0.5) is 10.1 Å². The second kappa shape index (κ2) is 4.42. The average Bonchev–Trinajstić information content (AvgIpc) is 2.01. The number of hydrogen-bond acceptors (Lipinski definition) is 1. The Bertz CT molecular complexity index is 341. The van der Waals surface area contributed by atoms with Gasteiger partial charge in [-0.15, -0.1) is 0 Å². The van der Waals surface area contributed by atoms with Crippen LogP contribution in [0.2, 0.25) is 5.02 Å². The Labute approximate surface area is 87.6 Å². The molecular formula is C10H12ClFN2. The van der Waals surface area contributed by atoms with Crippen molar-refractivity contribution in [3.63, 3.8) is 0 Å². The summed E-state index contributed by atoms with van der Waals surface area (Å²) in [7, 11) is 0.